The van der Waals surface area contributed by atoms with Gasteiger partial charge < -0.3 is 9.64 Å². The number of halogens is 5. The second kappa shape index (κ2) is 13.8. The molecule has 2 saturated heterocycles. The molecule has 2 aliphatic heterocycles. The van der Waals surface area contributed by atoms with Gasteiger partial charge in [0.2, 0.25) is 0 Å². The summed E-state index contributed by atoms with van der Waals surface area (Å²) in [5, 5.41) is 0. The van der Waals surface area contributed by atoms with E-state index >= 15 is 0 Å². The third kappa shape index (κ3) is 7.26. The van der Waals surface area contributed by atoms with Gasteiger partial charge in [0.25, 0.3) is 5.91 Å². The number of alkyl halides is 3. The monoisotopic (exact) mass is 605 g/mol. The zero-order valence-corrected chi connectivity index (χ0v) is 25.3. The number of nitrogens with zero attached hydrogens (tertiary/aromatic N) is 5. The van der Waals surface area contributed by atoms with Crippen LogP contribution >= 0.6 is 24.8 Å². The van der Waals surface area contributed by atoms with Crippen molar-refractivity contribution in [3.63, 3.8) is 0 Å². The lowest BCUT2D eigenvalue weighted by Crippen LogP contribution is -2.62. The number of likely N-dealkylation sites (tertiary alicyclic amines) is 1. The number of hydrogen-bond acceptors (Lipinski definition) is 6. The molecule has 0 unspecified atom stereocenters. The minimum atomic E-state index is -4.35. The quantitative estimate of drug-likeness (QED) is 0.443. The molecule has 2 aliphatic rings. The number of carbonyl (C=O) groups is 1. The van der Waals surface area contributed by atoms with E-state index in [1.54, 1.807) is 19.2 Å². The number of aromatic nitrogens is 2. The van der Waals surface area contributed by atoms with Gasteiger partial charge in [-0.2, -0.15) is 13.2 Å². The number of piperidine rings is 1. The molecule has 0 bridgehead atoms. The Morgan fingerprint density at radius 1 is 1.05 bits per heavy atom. The minimum Gasteiger partial charge on any atom is -0.383 e. The number of methoxy groups -OCH3 is 1. The van der Waals surface area contributed by atoms with E-state index in [-0.39, 0.29) is 48.3 Å². The zero-order valence-electron chi connectivity index (χ0n) is 23.7. The third-order valence-electron chi connectivity index (χ3n) is 8.36. The van der Waals surface area contributed by atoms with Gasteiger partial charge >= 0.3 is 6.18 Å². The van der Waals surface area contributed by atoms with Crippen molar-refractivity contribution >= 4 is 30.7 Å². The normalized spacial score (nSPS) is 20.8. The van der Waals surface area contributed by atoms with Crippen molar-refractivity contribution in [1.29, 1.82) is 0 Å². The highest BCUT2D eigenvalue weighted by atomic mass is 35.5. The second-order valence-electron chi connectivity index (χ2n) is 10.8. The number of hydrogen-bond donors (Lipinski definition) is 0. The van der Waals surface area contributed by atoms with Crippen LogP contribution in [0.5, 0.6) is 0 Å². The summed E-state index contributed by atoms with van der Waals surface area (Å²) in [7, 11) is 1.62. The fourth-order valence-corrected chi connectivity index (χ4v) is 5.93. The molecule has 2 fully saturated rings. The van der Waals surface area contributed by atoms with Gasteiger partial charge in [0.05, 0.1) is 35.2 Å². The maximum Gasteiger partial charge on any atom is 0.416 e. The number of amides is 1. The molecular formula is C28H40Cl2F3N5O2. The molecule has 3 heterocycles. The molecule has 7 nitrogen and oxygen atoms in total. The minimum absolute atomic E-state index is 0. The third-order valence-corrected chi connectivity index (χ3v) is 8.36. The summed E-state index contributed by atoms with van der Waals surface area (Å²) >= 11 is 0. The Kier molecular flexibility index (Phi) is 11.8. The largest absolute Gasteiger partial charge is 0.416 e. The highest BCUT2D eigenvalue weighted by Crippen LogP contribution is 2.35. The van der Waals surface area contributed by atoms with Crippen LogP contribution in [-0.4, -0.2) is 88.6 Å². The van der Waals surface area contributed by atoms with E-state index < -0.39 is 11.7 Å². The maximum absolute atomic E-state index is 13.2. The molecule has 4 rings (SSSR count). The Bertz CT molecular complexity index is 1110. The first-order valence-corrected chi connectivity index (χ1v) is 13.2. The molecule has 1 aromatic heterocycles. The average molecular weight is 607 g/mol. The summed E-state index contributed by atoms with van der Waals surface area (Å²) in [6.07, 6.45) is -1.12. The van der Waals surface area contributed by atoms with E-state index in [0.717, 1.165) is 50.2 Å². The molecule has 2 atom stereocenters. The van der Waals surface area contributed by atoms with E-state index in [0.29, 0.717) is 36.6 Å². The molecule has 224 valence electrons. The molecular weight excluding hydrogens is 566 g/mol. The summed E-state index contributed by atoms with van der Waals surface area (Å²) < 4.78 is 44.7. The predicted molar refractivity (Wildman–Crippen MR) is 153 cm³/mol. The van der Waals surface area contributed by atoms with Gasteiger partial charge in [-0.25, -0.2) is 9.97 Å². The summed E-state index contributed by atoms with van der Waals surface area (Å²) in [6, 6.07) is 5.52. The Labute approximate surface area is 247 Å². The maximum atomic E-state index is 13.2. The lowest BCUT2D eigenvalue weighted by Gasteiger charge is -2.52. The van der Waals surface area contributed by atoms with Crippen molar-refractivity contribution in [3.05, 3.63) is 58.7 Å². The molecule has 0 radical (unpaired) electrons. The number of carbonyl (C=O) groups excluding carboxylic acids is 1. The van der Waals surface area contributed by atoms with Crippen molar-refractivity contribution in [2.24, 2.45) is 0 Å². The van der Waals surface area contributed by atoms with Crippen molar-refractivity contribution in [1.82, 2.24) is 24.7 Å². The summed E-state index contributed by atoms with van der Waals surface area (Å²) in [4.78, 5) is 28.4. The van der Waals surface area contributed by atoms with Gasteiger partial charge in [0.1, 0.15) is 6.33 Å². The Morgan fingerprint density at radius 2 is 1.62 bits per heavy atom. The number of benzene rings is 1. The Morgan fingerprint density at radius 3 is 2.12 bits per heavy atom. The summed E-state index contributed by atoms with van der Waals surface area (Å²) in [5.74, 6) is -0.000198. The number of rotatable bonds is 6. The van der Waals surface area contributed by atoms with E-state index in [1.165, 1.54) is 6.33 Å². The van der Waals surface area contributed by atoms with Gasteiger partial charge in [-0.05, 0) is 58.2 Å². The average Bonchev–Trinajstić information content (AvgIpc) is 2.87. The van der Waals surface area contributed by atoms with Crippen molar-refractivity contribution < 1.29 is 22.7 Å². The van der Waals surface area contributed by atoms with Gasteiger partial charge in [0.15, 0.2) is 0 Å². The van der Waals surface area contributed by atoms with E-state index in [1.807, 2.05) is 18.7 Å². The van der Waals surface area contributed by atoms with Crippen LogP contribution in [-0.2, 0) is 10.9 Å². The summed E-state index contributed by atoms with van der Waals surface area (Å²) in [5.41, 5.74) is 2.18. The molecule has 2 aromatic rings. The number of piperazine rings is 1. The van der Waals surface area contributed by atoms with Crippen LogP contribution in [0.4, 0.5) is 13.2 Å². The molecule has 40 heavy (non-hydrogen) atoms. The van der Waals surface area contributed by atoms with Crippen LogP contribution < -0.4 is 0 Å². The molecule has 0 aliphatic carbocycles. The lowest BCUT2D eigenvalue weighted by molar-refractivity contribution is -0.137. The fraction of sp³-hybridized carbons (Fsp3) is 0.607. The first-order valence-electron chi connectivity index (χ1n) is 13.2. The fourth-order valence-electron chi connectivity index (χ4n) is 5.93. The number of ether oxygens (including phenoxy) is 1. The molecule has 12 heteroatoms. The Hall–Kier alpha value is -1.98. The molecule has 1 aromatic carbocycles. The smallest absolute Gasteiger partial charge is 0.383 e. The van der Waals surface area contributed by atoms with E-state index in [4.69, 9.17) is 4.74 Å². The van der Waals surface area contributed by atoms with Crippen LogP contribution in [0.2, 0.25) is 0 Å². The zero-order chi connectivity index (χ0) is 27.7. The van der Waals surface area contributed by atoms with Crippen LogP contribution in [0.1, 0.15) is 65.6 Å². The molecule has 0 saturated carbocycles. The van der Waals surface area contributed by atoms with Gasteiger partial charge in [-0.3, -0.25) is 14.6 Å². The lowest BCUT2D eigenvalue weighted by atomic mass is 9.86. The topological polar surface area (TPSA) is 61.8 Å². The van der Waals surface area contributed by atoms with Gasteiger partial charge in [-0.15, -0.1) is 24.8 Å². The van der Waals surface area contributed by atoms with Crippen molar-refractivity contribution in [3.8, 4) is 0 Å². The predicted octanol–water partition coefficient (Wildman–Crippen LogP) is 5.34. The molecule has 0 spiro atoms. The molecule has 1 amide bonds. The Balaban J connectivity index is 0.00000280. The highest BCUT2D eigenvalue weighted by molar-refractivity contribution is 5.96. The first-order chi connectivity index (χ1) is 17.9. The molecule has 0 N–H and O–H groups in total. The van der Waals surface area contributed by atoms with Crippen LogP contribution in [0.15, 0.2) is 30.6 Å². The van der Waals surface area contributed by atoms with E-state index in [9.17, 15) is 18.0 Å². The highest BCUT2D eigenvalue weighted by Gasteiger charge is 2.41. The van der Waals surface area contributed by atoms with Crippen LogP contribution in [0.3, 0.4) is 0 Å². The SMILES string of the molecule is COC[C@@H](c1ccc(C(F)(F)F)cc1)N1CCN(C2(C)CCN(C(=O)c3c(C)ncnc3C)CC2)C[C@@H]1C.Cl.Cl. The second-order valence-corrected chi connectivity index (χ2v) is 10.8. The number of aryl methyl sites for hydroxylation is 2. The van der Waals surface area contributed by atoms with E-state index in [2.05, 4.69) is 33.6 Å². The standard InChI is InChI=1S/C28H38F3N5O2.2ClH/c1-19-16-35(14-15-36(19)24(17-38-5)22-6-8-23(9-7-22)28(29,30)31)27(4)10-12-34(13-11-27)26(37)25-20(2)32-18-33-21(25)3;;/h6-9,18-19,24H,10-17H2,1-5H3;2*1H/t19-,24-;;/m0../s1. The van der Waals surface area contributed by atoms with Crippen LogP contribution in [0, 0.1) is 13.8 Å². The van der Waals surface area contributed by atoms with Gasteiger partial charge in [0, 0.05) is 51.4 Å². The summed E-state index contributed by atoms with van der Waals surface area (Å²) in [6.45, 7) is 12.4. The first kappa shape index (κ1) is 34.2. The van der Waals surface area contributed by atoms with Crippen molar-refractivity contribution in [2.45, 2.75) is 64.3 Å². The van der Waals surface area contributed by atoms with Gasteiger partial charge in [-0.1, -0.05) is 12.1 Å². The van der Waals surface area contributed by atoms with Crippen LogP contribution in [0.25, 0.3) is 0 Å². The van der Waals surface area contributed by atoms with Crippen molar-refractivity contribution in [2.75, 3.05) is 46.4 Å².